The van der Waals surface area contributed by atoms with Crippen molar-refractivity contribution >= 4 is 11.6 Å². The second kappa shape index (κ2) is 8.80. The van der Waals surface area contributed by atoms with E-state index >= 15 is 0 Å². The fourth-order valence-corrected chi connectivity index (χ4v) is 2.52. The van der Waals surface area contributed by atoms with Gasteiger partial charge in [0, 0.05) is 23.7 Å². The Morgan fingerprint density at radius 3 is 2.85 bits per heavy atom. The molecule has 0 bridgehead atoms. The zero-order valence-electron chi connectivity index (χ0n) is 14.6. The molecule has 0 aromatic heterocycles. The molecule has 6 heteroatoms. The number of fused-ring (bicyclic) bond motifs is 1. The summed E-state index contributed by atoms with van der Waals surface area (Å²) in [5.74, 6) is 2.55. The van der Waals surface area contributed by atoms with Crippen LogP contribution in [0.5, 0.6) is 17.2 Å². The molecule has 2 aromatic rings. The Balaban J connectivity index is 1.66. The third kappa shape index (κ3) is 4.69. The molecule has 26 heavy (non-hydrogen) atoms. The highest BCUT2D eigenvalue weighted by molar-refractivity contribution is 5.92. The number of para-hydroxylation sites is 1. The first kappa shape index (κ1) is 17.7. The highest BCUT2D eigenvalue weighted by Gasteiger charge is 2.11. The number of hydrogen-bond donors (Lipinski definition) is 2. The van der Waals surface area contributed by atoms with Crippen LogP contribution < -0.4 is 25.3 Å². The minimum Gasteiger partial charge on any atom is -0.490 e. The van der Waals surface area contributed by atoms with Crippen molar-refractivity contribution in [1.82, 2.24) is 0 Å². The second-order valence-electron chi connectivity index (χ2n) is 5.75. The molecule has 0 radical (unpaired) electrons. The number of anilines is 1. The highest BCUT2D eigenvalue weighted by Crippen LogP contribution is 2.32. The fourth-order valence-electron chi connectivity index (χ4n) is 2.52. The fraction of sp³-hybridized carbons (Fsp3) is 0.250. The smallest absolute Gasteiger partial charge is 0.193 e. The lowest BCUT2D eigenvalue weighted by Gasteiger charge is -2.11. The highest BCUT2D eigenvalue weighted by atomic mass is 16.5. The van der Waals surface area contributed by atoms with Crippen LogP contribution in [0.4, 0.5) is 5.69 Å². The maximum absolute atomic E-state index is 6.02. The van der Waals surface area contributed by atoms with Gasteiger partial charge < -0.3 is 25.3 Å². The van der Waals surface area contributed by atoms with Gasteiger partial charge in [0.1, 0.15) is 12.4 Å². The molecule has 1 aliphatic heterocycles. The number of benzene rings is 2. The number of nitrogens with two attached hydrogens (primary N) is 1. The van der Waals surface area contributed by atoms with Crippen LogP contribution in [0, 0.1) is 0 Å². The van der Waals surface area contributed by atoms with E-state index in [9.17, 15) is 0 Å². The van der Waals surface area contributed by atoms with Crippen molar-refractivity contribution in [3.8, 4) is 17.2 Å². The Kier molecular flexibility index (Phi) is 5.98. The normalized spacial score (nSPS) is 13.6. The molecule has 0 spiro atoms. The van der Waals surface area contributed by atoms with Crippen molar-refractivity contribution in [1.29, 1.82) is 0 Å². The molecule has 0 unspecified atom stereocenters. The van der Waals surface area contributed by atoms with E-state index in [-0.39, 0.29) is 0 Å². The van der Waals surface area contributed by atoms with Gasteiger partial charge in [-0.05, 0) is 18.2 Å². The molecular weight excluding hydrogens is 330 g/mol. The van der Waals surface area contributed by atoms with Crippen LogP contribution in [0.25, 0.3) is 0 Å². The SMILES string of the molecule is C=CCOc1ccccc1CN=C(N)Nc1ccc2c(c1)OCCCO2. The number of rotatable bonds is 6. The first-order valence-corrected chi connectivity index (χ1v) is 8.54. The number of nitrogens with one attached hydrogen (secondary N) is 1. The maximum atomic E-state index is 6.02. The summed E-state index contributed by atoms with van der Waals surface area (Å²) >= 11 is 0. The van der Waals surface area contributed by atoms with E-state index in [0.29, 0.717) is 38.1 Å². The summed E-state index contributed by atoms with van der Waals surface area (Å²) < 4.78 is 16.9. The molecule has 6 nitrogen and oxygen atoms in total. The summed E-state index contributed by atoms with van der Waals surface area (Å²) in [5.41, 5.74) is 7.77. The van der Waals surface area contributed by atoms with Crippen LogP contribution in [0.2, 0.25) is 0 Å². The third-order valence-corrected chi connectivity index (χ3v) is 3.77. The summed E-state index contributed by atoms with van der Waals surface area (Å²) in [7, 11) is 0. The number of aliphatic imine (C=N–C) groups is 1. The summed E-state index contributed by atoms with van der Waals surface area (Å²) in [5, 5.41) is 3.08. The number of hydrogen-bond acceptors (Lipinski definition) is 4. The molecule has 0 saturated heterocycles. The van der Waals surface area contributed by atoms with Crippen molar-refractivity contribution in [3.05, 3.63) is 60.7 Å². The average molecular weight is 353 g/mol. The van der Waals surface area contributed by atoms with E-state index in [0.717, 1.165) is 29.2 Å². The molecule has 3 N–H and O–H groups in total. The number of ether oxygens (including phenoxy) is 3. The molecule has 0 amide bonds. The summed E-state index contributed by atoms with van der Waals surface area (Å²) in [6.45, 7) is 5.83. The molecule has 0 aliphatic carbocycles. The Morgan fingerprint density at radius 1 is 1.19 bits per heavy atom. The number of nitrogens with zero attached hydrogens (tertiary/aromatic N) is 1. The Bertz CT molecular complexity index is 790. The Morgan fingerprint density at radius 2 is 2.00 bits per heavy atom. The third-order valence-electron chi connectivity index (χ3n) is 3.77. The van der Waals surface area contributed by atoms with Crippen molar-refractivity contribution < 1.29 is 14.2 Å². The summed E-state index contributed by atoms with van der Waals surface area (Å²) in [6, 6.07) is 13.4. The average Bonchev–Trinajstić information content (AvgIpc) is 2.90. The van der Waals surface area contributed by atoms with Gasteiger partial charge in [-0.25, -0.2) is 4.99 Å². The topological polar surface area (TPSA) is 78.1 Å². The maximum Gasteiger partial charge on any atom is 0.193 e. The summed E-state index contributed by atoms with van der Waals surface area (Å²) in [6.07, 6.45) is 2.58. The van der Waals surface area contributed by atoms with Crippen molar-refractivity contribution in [2.45, 2.75) is 13.0 Å². The van der Waals surface area contributed by atoms with E-state index in [1.165, 1.54) is 0 Å². The van der Waals surface area contributed by atoms with Crippen molar-refractivity contribution in [3.63, 3.8) is 0 Å². The monoisotopic (exact) mass is 353 g/mol. The van der Waals surface area contributed by atoms with Gasteiger partial charge in [0.05, 0.1) is 19.8 Å². The van der Waals surface area contributed by atoms with Crippen molar-refractivity contribution in [2.75, 3.05) is 25.1 Å². The van der Waals surface area contributed by atoms with Crippen LogP contribution in [0.15, 0.2) is 60.1 Å². The van der Waals surface area contributed by atoms with Gasteiger partial charge in [-0.15, -0.1) is 0 Å². The standard InChI is InChI=1S/C20H23N3O3/c1-2-10-24-17-7-4-3-6-15(17)14-22-20(21)23-16-8-9-18-19(13-16)26-12-5-11-25-18/h2-4,6-9,13H,1,5,10-12,14H2,(H3,21,22,23). The zero-order valence-corrected chi connectivity index (χ0v) is 14.6. The van der Waals surface area contributed by atoms with E-state index in [2.05, 4.69) is 16.9 Å². The van der Waals surface area contributed by atoms with Crippen LogP contribution >= 0.6 is 0 Å². The molecule has 1 aliphatic rings. The van der Waals surface area contributed by atoms with E-state index in [1.807, 2.05) is 42.5 Å². The molecule has 0 fully saturated rings. The predicted octanol–water partition coefficient (Wildman–Crippen LogP) is 3.34. The Hall–Kier alpha value is -3.15. The first-order valence-electron chi connectivity index (χ1n) is 8.54. The van der Waals surface area contributed by atoms with Crippen LogP contribution in [-0.2, 0) is 6.54 Å². The predicted molar refractivity (Wildman–Crippen MR) is 103 cm³/mol. The van der Waals surface area contributed by atoms with Gasteiger partial charge in [-0.3, -0.25) is 0 Å². The van der Waals surface area contributed by atoms with Gasteiger partial charge in [-0.1, -0.05) is 30.9 Å². The zero-order chi connectivity index (χ0) is 18.2. The lowest BCUT2D eigenvalue weighted by molar-refractivity contribution is 0.297. The summed E-state index contributed by atoms with van der Waals surface area (Å²) in [4.78, 5) is 4.39. The minimum atomic E-state index is 0.318. The van der Waals surface area contributed by atoms with Gasteiger partial charge in [0.15, 0.2) is 17.5 Å². The van der Waals surface area contributed by atoms with Crippen molar-refractivity contribution in [2.24, 2.45) is 10.7 Å². The molecule has 3 rings (SSSR count). The van der Waals surface area contributed by atoms with E-state index in [4.69, 9.17) is 19.9 Å². The molecule has 136 valence electrons. The van der Waals surface area contributed by atoms with Gasteiger partial charge >= 0.3 is 0 Å². The minimum absolute atomic E-state index is 0.318. The molecule has 0 atom stereocenters. The number of guanidine groups is 1. The molecule has 2 aromatic carbocycles. The first-order chi connectivity index (χ1) is 12.8. The molecular formula is C20H23N3O3. The van der Waals surface area contributed by atoms with Crippen LogP contribution in [-0.4, -0.2) is 25.8 Å². The lowest BCUT2D eigenvalue weighted by Crippen LogP contribution is -2.22. The van der Waals surface area contributed by atoms with E-state index in [1.54, 1.807) is 6.08 Å². The largest absolute Gasteiger partial charge is 0.490 e. The molecule has 0 saturated carbocycles. The second-order valence-corrected chi connectivity index (χ2v) is 5.75. The van der Waals surface area contributed by atoms with Gasteiger partial charge in [0.2, 0.25) is 0 Å². The van der Waals surface area contributed by atoms with Crippen LogP contribution in [0.1, 0.15) is 12.0 Å². The lowest BCUT2D eigenvalue weighted by atomic mass is 10.2. The van der Waals surface area contributed by atoms with E-state index < -0.39 is 0 Å². The quantitative estimate of drug-likeness (QED) is 0.473. The molecule has 1 heterocycles. The van der Waals surface area contributed by atoms with Crippen LogP contribution in [0.3, 0.4) is 0 Å². The van der Waals surface area contributed by atoms with Gasteiger partial charge in [-0.2, -0.15) is 0 Å². The Labute approximate surface area is 153 Å². The van der Waals surface area contributed by atoms with Gasteiger partial charge in [0.25, 0.3) is 0 Å².